The predicted octanol–water partition coefficient (Wildman–Crippen LogP) is 2.44. The number of rotatable bonds is 2. The summed E-state index contributed by atoms with van der Waals surface area (Å²) in [5.74, 6) is 0.226. The van der Waals surface area contributed by atoms with Crippen LogP contribution < -0.4 is 0 Å². The van der Waals surface area contributed by atoms with E-state index in [1.54, 1.807) is 0 Å². The van der Waals surface area contributed by atoms with Crippen LogP contribution in [0.4, 0.5) is 0 Å². The fraction of sp³-hybridized carbons (Fsp3) is 1.00. The van der Waals surface area contributed by atoms with E-state index < -0.39 is 13.8 Å². The smallest absolute Gasteiger partial charge is 0.238 e. The van der Waals surface area contributed by atoms with E-state index in [0.29, 0.717) is 6.61 Å². The molecule has 2 aliphatic carbocycles. The van der Waals surface area contributed by atoms with Crippen molar-refractivity contribution in [1.29, 1.82) is 0 Å². The summed E-state index contributed by atoms with van der Waals surface area (Å²) in [5.41, 5.74) is 0.0140. The van der Waals surface area contributed by atoms with Crippen molar-refractivity contribution in [3.05, 3.63) is 0 Å². The largest absolute Gasteiger partial charge is 0.375 e. The van der Waals surface area contributed by atoms with E-state index in [-0.39, 0.29) is 11.5 Å². The summed E-state index contributed by atoms with van der Waals surface area (Å²) in [5, 5.41) is 0. The molecule has 3 aliphatic rings. The molecule has 3 rings (SSSR count). The van der Waals surface area contributed by atoms with Crippen molar-refractivity contribution in [3.8, 4) is 0 Å². The summed E-state index contributed by atoms with van der Waals surface area (Å²) in [4.78, 5) is 0. The van der Waals surface area contributed by atoms with E-state index in [9.17, 15) is 8.42 Å². The second-order valence-electron chi connectivity index (χ2n) is 5.58. The van der Waals surface area contributed by atoms with Gasteiger partial charge in [-0.1, -0.05) is 0 Å². The minimum Gasteiger partial charge on any atom is -0.375 e. The normalized spacial score (nSPS) is 35.7. The van der Waals surface area contributed by atoms with E-state index in [1.165, 1.54) is 6.42 Å². The highest BCUT2D eigenvalue weighted by Gasteiger charge is 2.61. The molecule has 1 spiro atoms. The van der Waals surface area contributed by atoms with Crippen molar-refractivity contribution in [2.24, 2.45) is 5.92 Å². The van der Waals surface area contributed by atoms with Crippen molar-refractivity contribution >= 4 is 19.7 Å². The van der Waals surface area contributed by atoms with Gasteiger partial charge in [0.1, 0.15) is 0 Å². The zero-order valence-electron chi connectivity index (χ0n) is 9.25. The average molecular weight is 265 g/mol. The molecule has 0 aromatic carbocycles. The maximum absolute atomic E-state index is 11.7. The van der Waals surface area contributed by atoms with Crippen molar-refractivity contribution in [2.75, 3.05) is 6.61 Å². The first-order valence-corrected chi connectivity index (χ1v) is 8.37. The van der Waals surface area contributed by atoms with E-state index >= 15 is 0 Å². The van der Waals surface area contributed by atoms with Gasteiger partial charge in [-0.05, 0) is 50.9 Å². The van der Waals surface area contributed by atoms with Crippen molar-refractivity contribution in [3.63, 3.8) is 0 Å². The lowest BCUT2D eigenvalue weighted by Crippen LogP contribution is -2.49. The molecule has 16 heavy (non-hydrogen) atoms. The van der Waals surface area contributed by atoms with Gasteiger partial charge in [-0.25, -0.2) is 8.42 Å². The van der Waals surface area contributed by atoms with Gasteiger partial charge in [0.2, 0.25) is 9.05 Å². The zero-order chi connectivity index (χ0) is 11.4. The van der Waals surface area contributed by atoms with Gasteiger partial charge in [-0.3, -0.25) is 0 Å². The molecule has 0 N–H and O–H groups in total. The van der Waals surface area contributed by atoms with Gasteiger partial charge in [0.05, 0.1) is 10.3 Å². The molecule has 0 amide bonds. The van der Waals surface area contributed by atoms with Gasteiger partial charge in [-0.15, -0.1) is 0 Å². The Morgan fingerprint density at radius 3 is 2.31 bits per heavy atom. The summed E-state index contributed by atoms with van der Waals surface area (Å²) < 4.78 is 28.5. The molecule has 3 nitrogen and oxygen atoms in total. The first kappa shape index (κ1) is 11.3. The van der Waals surface area contributed by atoms with E-state index in [1.807, 2.05) is 0 Å². The molecule has 1 unspecified atom stereocenters. The third-order valence-electron chi connectivity index (χ3n) is 4.73. The Hall–Kier alpha value is 0.200. The second kappa shape index (κ2) is 3.36. The standard InChI is InChI=1S/C11H17ClO3S/c12-16(13,14)11(5-6-11)9-2-7-15-10(8-9)3-1-4-10/h9H,1-8H2. The number of halogens is 1. The molecule has 1 aliphatic heterocycles. The Kier molecular flexibility index (Phi) is 2.37. The Bertz CT molecular complexity index is 395. The van der Waals surface area contributed by atoms with Gasteiger partial charge in [0, 0.05) is 17.3 Å². The van der Waals surface area contributed by atoms with Crippen molar-refractivity contribution in [1.82, 2.24) is 0 Å². The number of hydrogen-bond acceptors (Lipinski definition) is 3. The Balaban J connectivity index is 1.81. The maximum Gasteiger partial charge on any atom is 0.238 e. The van der Waals surface area contributed by atoms with Crippen molar-refractivity contribution < 1.29 is 13.2 Å². The highest BCUT2D eigenvalue weighted by Crippen LogP contribution is 2.58. The number of hydrogen-bond donors (Lipinski definition) is 0. The van der Waals surface area contributed by atoms with Crippen LogP contribution in [0.2, 0.25) is 0 Å². The molecule has 1 saturated heterocycles. The fourth-order valence-corrected chi connectivity index (χ4v) is 5.40. The first-order chi connectivity index (χ1) is 7.48. The van der Waals surface area contributed by atoms with Crippen LogP contribution in [0.3, 0.4) is 0 Å². The van der Waals surface area contributed by atoms with E-state index in [4.69, 9.17) is 15.4 Å². The maximum atomic E-state index is 11.7. The molecule has 0 bridgehead atoms. The molecular formula is C11H17ClO3S. The van der Waals surface area contributed by atoms with Crippen LogP contribution in [0.25, 0.3) is 0 Å². The minimum atomic E-state index is -3.41. The lowest BCUT2D eigenvalue weighted by molar-refractivity contribution is -0.144. The summed E-state index contributed by atoms with van der Waals surface area (Å²) in [6.45, 7) is 0.707. The molecule has 1 heterocycles. The highest BCUT2D eigenvalue weighted by atomic mass is 35.7. The lowest BCUT2D eigenvalue weighted by atomic mass is 9.71. The summed E-state index contributed by atoms with van der Waals surface area (Å²) in [6.07, 6.45) is 6.67. The molecule has 92 valence electrons. The van der Waals surface area contributed by atoms with Crippen LogP contribution in [0, 0.1) is 5.92 Å². The van der Waals surface area contributed by atoms with E-state index in [2.05, 4.69) is 0 Å². The summed E-state index contributed by atoms with van der Waals surface area (Å²) in [7, 11) is 2.20. The average Bonchev–Trinajstić information content (AvgIpc) is 2.95. The van der Waals surface area contributed by atoms with Gasteiger partial charge >= 0.3 is 0 Å². The monoisotopic (exact) mass is 264 g/mol. The Morgan fingerprint density at radius 2 is 1.88 bits per heavy atom. The van der Waals surface area contributed by atoms with Gasteiger partial charge in [0.15, 0.2) is 0 Å². The first-order valence-electron chi connectivity index (χ1n) is 6.06. The molecule has 0 aromatic heterocycles. The Morgan fingerprint density at radius 1 is 1.19 bits per heavy atom. The molecule has 2 saturated carbocycles. The SMILES string of the molecule is O=S(=O)(Cl)C1(C2CCOC3(CCC3)C2)CC1. The van der Waals surface area contributed by atoms with Crippen LogP contribution in [0.1, 0.15) is 44.9 Å². The predicted molar refractivity (Wildman–Crippen MR) is 62.0 cm³/mol. The fourth-order valence-electron chi connectivity index (χ4n) is 3.37. The lowest BCUT2D eigenvalue weighted by Gasteiger charge is -2.48. The van der Waals surface area contributed by atoms with Crippen LogP contribution in [-0.4, -0.2) is 25.4 Å². The molecule has 0 aromatic rings. The molecular weight excluding hydrogens is 248 g/mol. The Labute approximate surface area is 101 Å². The van der Waals surface area contributed by atoms with Crippen LogP contribution in [0.5, 0.6) is 0 Å². The third-order valence-corrected chi connectivity index (χ3v) is 7.36. The highest BCUT2D eigenvalue weighted by molar-refractivity contribution is 8.15. The third kappa shape index (κ3) is 1.53. The van der Waals surface area contributed by atoms with Crippen LogP contribution in [0.15, 0.2) is 0 Å². The van der Waals surface area contributed by atoms with Crippen molar-refractivity contribution in [2.45, 2.75) is 55.3 Å². The van der Waals surface area contributed by atoms with E-state index in [0.717, 1.165) is 38.5 Å². The zero-order valence-corrected chi connectivity index (χ0v) is 10.8. The van der Waals surface area contributed by atoms with Gasteiger partial charge in [0.25, 0.3) is 0 Å². The van der Waals surface area contributed by atoms with Crippen LogP contribution in [-0.2, 0) is 13.8 Å². The topological polar surface area (TPSA) is 43.4 Å². The van der Waals surface area contributed by atoms with Gasteiger partial charge < -0.3 is 4.74 Å². The minimum absolute atomic E-state index is 0.0140. The quantitative estimate of drug-likeness (QED) is 0.720. The second-order valence-corrected chi connectivity index (χ2v) is 8.48. The number of ether oxygens (including phenoxy) is 1. The summed E-state index contributed by atoms with van der Waals surface area (Å²) >= 11 is 0. The molecule has 5 heteroatoms. The molecule has 1 atom stereocenters. The molecule has 3 fully saturated rings. The van der Waals surface area contributed by atoms with Gasteiger partial charge in [-0.2, -0.15) is 0 Å². The summed E-state index contributed by atoms with van der Waals surface area (Å²) in [6, 6.07) is 0. The van der Waals surface area contributed by atoms with Crippen LogP contribution >= 0.6 is 10.7 Å². The molecule has 0 radical (unpaired) electrons.